The molecule has 2 rings (SSSR count). The highest BCUT2D eigenvalue weighted by Crippen LogP contribution is 2.24. The number of benzene rings is 1. The van der Waals surface area contributed by atoms with E-state index in [4.69, 9.17) is 5.73 Å². The second-order valence-electron chi connectivity index (χ2n) is 6.54. The number of aliphatic hydroxyl groups is 1. The van der Waals surface area contributed by atoms with Crippen LogP contribution in [-0.2, 0) is 17.8 Å². The van der Waals surface area contributed by atoms with E-state index >= 15 is 0 Å². The lowest BCUT2D eigenvalue weighted by atomic mass is 9.90. The highest BCUT2D eigenvalue weighted by Gasteiger charge is 2.37. The molecule has 3 N–H and O–H groups in total. The number of hydrogen-bond donors (Lipinski definition) is 2. The van der Waals surface area contributed by atoms with E-state index in [-0.39, 0.29) is 0 Å². The Kier molecular flexibility index (Phi) is 5.01. The summed E-state index contributed by atoms with van der Waals surface area (Å²) in [5.41, 5.74) is 6.69. The maximum absolute atomic E-state index is 11.3. The van der Waals surface area contributed by atoms with Gasteiger partial charge in [-0.1, -0.05) is 38.1 Å². The minimum absolute atomic E-state index is 0.425. The summed E-state index contributed by atoms with van der Waals surface area (Å²) in [6.07, 6.45) is 1.93. The van der Waals surface area contributed by atoms with Gasteiger partial charge in [-0.25, -0.2) is 0 Å². The van der Waals surface area contributed by atoms with Crippen molar-refractivity contribution in [3.8, 4) is 0 Å². The second kappa shape index (κ2) is 6.58. The number of carbonyl (C=O) groups excluding carboxylic acids is 1. The van der Waals surface area contributed by atoms with Gasteiger partial charge in [0.1, 0.15) is 5.60 Å². The second-order valence-corrected chi connectivity index (χ2v) is 6.54. The summed E-state index contributed by atoms with van der Waals surface area (Å²) >= 11 is 0. The number of nitrogens with zero attached hydrogens (tertiary/aromatic N) is 1. The highest BCUT2D eigenvalue weighted by atomic mass is 16.3. The van der Waals surface area contributed by atoms with Crippen LogP contribution < -0.4 is 5.73 Å². The summed E-state index contributed by atoms with van der Waals surface area (Å²) in [5, 5.41) is 10.1. The first-order valence-corrected chi connectivity index (χ1v) is 7.72. The molecule has 0 atom stereocenters. The van der Waals surface area contributed by atoms with Gasteiger partial charge in [0.25, 0.3) is 0 Å². The average Bonchev–Trinajstić information content (AvgIpc) is 2.43. The van der Waals surface area contributed by atoms with Crippen molar-refractivity contribution in [2.24, 2.45) is 11.7 Å². The van der Waals surface area contributed by atoms with E-state index in [2.05, 4.69) is 43.0 Å². The first-order valence-electron chi connectivity index (χ1n) is 7.72. The molecule has 0 radical (unpaired) electrons. The molecule has 1 fully saturated rings. The van der Waals surface area contributed by atoms with Crippen LogP contribution in [0.4, 0.5) is 0 Å². The Balaban J connectivity index is 1.99. The third-order valence-corrected chi connectivity index (χ3v) is 4.28. The van der Waals surface area contributed by atoms with Crippen LogP contribution in [0.1, 0.15) is 37.8 Å². The zero-order valence-corrected chi connectivity index (χ0v) is 13.0. The third-order valence-electron chi connectivity index (χ3n) is 4.28. The first kappa shape index (κ1) is 16.0. The van der Waals surface area contributed by atoms with Gasteiger partial charge in [-0.2, -0.15) is 0 Å². The van der Waals surface area contributed by atoms with Gasteiger partial charge in [0.05, 0.1) is 0 Å². The van der Waals surface area contributed by atoms with E-state index in [1.54, 1.807) is 0 Å². The fourth-order valence-electron chi connectivity index (χ4n) is 2.92. The van der Waals surface area contributed by atoms with Crippen LogP contribution in [0.2, 0.25) is 0 Å². The third kappa shape index (κ3) is 4.05. The molecule has 0 unspecified atom stereocenters. The van der Waals surface area contributed by atoms with Crippen LogP contribution >= 0.6 is 0 Å². The number of piperidine rings is 1. The molecular formula is C17H26N2O2. The molecule has 1 saturated heterocycles. The molecule has 1 aromatic carbocycles. The molecule has 1 aliphatic rings. The Hall–Kier alpha value is -1.39. The quantitative estimate of drug-likeness (QED) is 0.867. The van der Waals surface area contributed by atoms with Gasteiger partial charge in [0, 0.05) is 19.6 Å². The normalized spacial score (nSPS) is 18.9. The lowest BCUT2D eigenvalue weighted by molar-refractivity contribution is -0.141. The van der Waals surface area contributed by atoms with E-state index in [1.807, 2.05) is 0 Å². The standard InChI is InChI=1S/C17H26N2O2/c1-13(2)11-14-5-3-4-6-15(14)12-19-9-7-17(21,8-10-19)16(18)20/h3-6,13,21H,7-12H2,1-2H3,(H2,18,20). The molecule has 0 saturated carbocycles. The van der Waals surface area contributed by atoms with Crippen molar-refractivity contribution >= 4 is 5.91 Å². The Morgan fingerprint density at radius 3 is 2.38 bits per heavy atom. The molecule has 0 spiro atoms. The molecule has 0 aliphatic carbocycles. The van der Waals surface area contributed by atoms with Crippen molar-refractivity contribution < 1.29 is 9.90 Å². The fraction of sp³-hybridized carbons (Fsp3) is 0.588. The molecule has 4 nitrogen and oxygen atoms in total. The van der Waals surface area contributed by atoms with Crippen LogP contribution in [0.5, 0.6) is 0 Å². The highest BCUT2D eigenvalue weighted by molar-refractivity contribution is 5.83. The lowest BCUT2D eigenvalue weighted by Crippen LogP contribution is -2.52. The van der Waals surface area contributed by atoms with E-state index in [9.17, 15) is 9.90 Å². The topological polar surface area (TPSA) is 66.6 Å². The Morgan fingerprint density at radius 1 is 1.29 bits per heavy atom. The summed E-state index contributed by atoms with van der Waals surface area (Å²) in [6, 6.07) is 8.53. The summed E-state index contributed by atoms with van der Waals surface area (Å²) < 4.78 is 0. The van der Waals surface area contributed by atoms with Gasteiger partial charge in [-0.15, -0.1) is 0 Å². The zero-order chi connectivity index (χ0) is 15.5. The minimum Gasteiger partial charge on any atom is -0.380 e. The molecule has 4 heteroatoms. The number of amides is 1. The SMILES string of the molecule is CC(C)Cc1ccccc1CN1CCC(O)(C(N)=O)CC1. The van der Waals surface area contributed by atoms with E-state index in [1.165, 1.54) is 11.1 Å². The molecule has 116 valence electrons. The average molecular weight is 290 g/mol. The summed E-state index contributed by atoms with van der Waals surface area (Å²) in [7, 11) is 0. The number of carbonyl (C=O) groups is 1. The maximum atomic E-state index is 11.3. The van der Waals surface area contributed by atoms with Crippen molar-refractivity contribution in [2.75, 3.05) is 13.1 Å². The van der Waals surface area contributed by atoms with Crippen LogP contribution in [0.15, 0.2) is 24.3 Å². The Morgan fingerprint density at radius 2 is 1.86 bits per heavy atom. The van der Waals surface area contributed by atoms with Crippen LogP contribution in [0.3, 0.4) is 0 Å². The van der Waals surface area contributed by atoms with E-state index < -0.39 is 11.5 Å². The van der Waals surface area contributed by atoms with Crippen LogP contribution in [-0.4, -0.2) is 34.6 Å². The zero-order valence-electron chi connectivity index (χ0n) is 13.0. The van der Waals surface area contributed by atoms with Crippen molar-refractivity contribution in [3.05, 3.63) is 35.4 Å². The number of rotatable bonds is 5. The van der Waals surface area contributed by atoms with Crippen molar-refractivity contribution in [1.82, 2.24) is 4.90 Å². The molecule has 0 bridgehead atoms. The largest absolute Gasteiger partial charge is 0.380 e. The Labute approximate surface area is 126 Å². The van der Waals surface area contributed by atoms with Gasteiger partial charge >= 0.3 is 0 Å². The van der Waals surface area contributed by atoms with Gasteiger partial charge in [-0.3, -0.25) is 9.69 Å². The molecular weight excluding hydrogens is 264 g/mol. The summed E-state index contributed by atoms with van der Waals surface area (Å²) in [5.74, 6) is 0.0369. The predicted molar refractivity (Wildman–Crippen MR) is 83.6 cm³/mol. The first-order chi connectivity index (χ1) is 9.90. The number of primary amides is 1. The number of hydrogen-bond acceptors (Lipinski definition) is 3. The smallest absolute Gasteiger partial charge is 0.249 e. The van der Waals surface area contributed by atoms with Gasteiger partial charge < -0.3 is 10.8 Å². The van der Waals surface area contributed by atoms with Crippen LogP contribution in [0, 0.1) is 5.92 Å². The predicted octanol–water partition coefficient (Wildman–Crippen LogP) is 1.70. The molecule has 1 heterocycles. The lowest BCUT2D eigenvalue weighted by Gasteiger charge is -2.36. The molecule has 1 aliphatic heterocycles. The fourth-order valence-corrected chi connectivity index (χ4v) is 2.92. The molecule has 1 aromatic rings. The summed E-state index contributed by atoms with van der Waals surface area (Å²) in [6.45, 7) is 6.73. The van der Waals surface area contributed by atoms with Crippen LogP contribution in [0.25, 0.3) is 0 Å². The minimum atomic E-state index is -1.31. The van der Waals surface area contributed by atoms with Gasteiger partial charge in [0.15, 0.2) is 0 Å². The van der Waals surface area contributed by atoms with Crippen molar-refractivity contribution in [1.29, 1.82) is 0 Å². The molecule has 0 aromatic heterocycles. The van der Waals surface area contributed by atoms with Gasteiger partial charge in [-0.05, 0) is 36.3 Å². The Bertz CT molecular complexity index is 491. The van der Waals surface area contributed by atoms with Crippen molar-refractivity contribution in [3.63, 3.8) is 0 Å². The monoisotopic (exact) mass is 290 g/mol. The van der Waals surface area contributed by atoms with Gasteiger partial charge in [0.2, 0.25) is 5.91 Å². The van der Waals surface area contributed by atoms with Crippen molar-refractivity contribution in [2.45, 2.75) is 45.3 Å². The summed E-state index contributed by atoms with van der Waals surface area (Å²) in [4.78, 5) is 13.6. The number of nitrogens with two attached hydrogens (primary N) is 1. The molecule has 1 amide bonds. The number of likely N-dealkylation sites (tertiary alicyclic amines) is 1. The maximum Gasteiger partial charge on any atom is 0.249 e. The molecule has 21 heavy (non-hydrogen) atoms. The van der Waals surface area contributed by atoms with E-state index in [0.717, 1.165) is 13.0 Å². The van der Waals surface area contributed by atoms with E-state index in [0.29, 0.717) is 31.8 Å².